The maximum atomic E-state index is 11.9. The second-order valence-electron chi connectivity index (χ2n) is 3.74. The molecule has 2 aromatic carbocycles. The zero-order valence-electron chi connectivity index (χ0n) is 9.35. The summed E-state index contributed by atoms with van der Waals surface area (Å²) in [6.45, 7) is 0. The Morgan fingerprint density at radius 2 is 1.83 bits per heavy atom. The first-order valence-electron chi connectivity index (χ1n) is 5.21. The van der Waals surface area contributed by atoms with Crippen LogP contribution in [0.25, 0.3) is 0 Å². The molecule has 1 amide bonds. The van der Waals surface area contributed by atoms with E-state index in [-0.39, 0.29) is 17.2 Å². The SMILES string of the molecule is Nc1ccc(C(=O)Nc2ccc(Br)cc2)c(O)c1. The highest BCUT2D eigenvalue weighted by Gasteiger charge is 2.11. The van der Waals surface area contributed by atoms with Crippen molar-refractivity contribution in [1.29, 1.82) is 0 Å². The van der Waals surface area contributed by atoms with Crippen molar-refractivity contribution in [3.05, 3.63) is 52.5 Å². The molecule has 2 aromatic rings. The van der Waals surface area contributed by atoms with E-state index < -0.39 is 0 Å². The summed E-state index contributed by atoms with van der Waals surface area (Å²) in [4.78, 5) is 11.9. The van der Waals surface area contributed by atoms with Crippen molar-refractivity contribution in [2.75, 3.05) is 11.1 Å². The van der Waals surface area contributed by atoms with Crippen LogP contribution in [0.1, 0.15) is 10.4 Å². The smallest absolute Gasteiger partial charge is 0.259 e. The Balaban J connectivity index is 2.19. The summed E-state index contributed by atoms with van der Waals surface area (Å²) in [5.74, 6) is -0.514. The van der Waals surface area contributed by atoms with Crippen LogP contribution in [0.4, 0.5) is 11.4 Å². The number of nitrogens with one attached hydrogen (secondary N) is 1. The van der Waals surface area contributed by atoms with Gasteiger partial charge in [0, 0.05) is 21.9 Å². The van der Waals surface area contributed by atoms with Gasteiger partial charge < -0.3 is 16.2 Å². The van der Waals surface area contributed by atoms with Gasteiger partial charge >= 0.3 is 0 Å². The number of hydrogen-bond donors (Lipinski definition) is 3. The van der Waals surface area contributed by atoms with Crippen LogP contribution in [0.15, 0.2) is 46.9 Å². The zero-order chi connectivity index (χ0) is 13.1. The van der Waals surface area contributed by atoms with Crippen LogP contribution in [0.3, 0.4) is 0 Å². The third-order valence-electron chi connectivity index (χ3n) is 2.37. The number of anilines is 2. The molecule has 0 saturated heterocycles. The molecule has 0 aliphatic heterocycles. The Kier molecular flexibility index (Phi) is 3.53. The van der Waals surface area contributed by atoms with Crippen LogP contribution in [0.5, 0.6) is 5.75 Å². The van der Waals surface area contributed by atoms with Gasteiger partial charge in [0.15, 0.2) is 0 Å². The number of carbonyl (C=O) groups excluding carboxylic acids is 1. The quantitative estimate of drug-likeness (QED) is 0.747. The van der Waals surface area contributed by atoms with Crippen molar-refractivity contribution < 1.29 is 9.90 Å². The summed E-state index contributed by atoms with van der Waals surface area (Å²) in [5.41, 5.74) is 6.75. The van der Waals surface area contributed by atoms with Crippen molar-refractivity contribution in [2.24, 2.45) is 0 Å². The number of nitrogens with two attached hydrogens (primary N) is 1. The summed E-state index contributed by atoms with van der Waals surface area (Å²) >= 11 is 3.31. The fourth-order valence-corrected chi connectivity index (χ4v) is 1.74. The number of carbonyl (C=O) groups is 1. The topological polar surface area (TPSA) is 75.4 Å². The number of aromatic hydroxyl groups is 1. The highest BCUT2D eigenvalue weighted by atomic mass is 79.9. The lowest BCUT2D eigenvalue weighted by Gasteiger charge is -2.07. The largest absolute Gasteiger partial charge is 0.507 e. The van der Waals surface area contributed by atoms with Crippen LogP contribution in [0.2, 0.25) is 0 Å². The van der Waals surface area contributed by atoms with E-state index in [0.29, 0.717) is 11.4 Å². The number of benzene rings is 2. The highest BCUT2D eigenvalue weighted by molar-refractivity contribution is 9.10. The average Bonchev–Trinajstić information content (AvgIpc) is 2.32. The molecule has 0 aliphatic carbocycles. The minimum atomic E-state index is -0.380. The van der Waals surface area contributed by atoms with E-state index in [0.717, 1.165) is 4.47 Å². The van der Waals surface area contributed by atoms with Gasteiger partial charge in [-0.05, 0) is 36.4 Å². The van der Waals surface area contributed by atoms with E-state index in [1.54, 1.807) is 18.2 Å². The molecule has 0 unspecified atom stereocenters. The van der Waals surface area contributed by atoms with Gasteiger partial charge in [0.1, 0.15) is 5.75 Å². The maximum Gasteiger partial charge on any atom is 0.259 e. The Labute approximate surface area is 113 Å². The van der Waals surface area contributed by atoms with Gasteiger partial charge in [-0.1, -0.05) is 15.9 Å². The Morgan fingerprint density at radius 3 is 2.44 bits per heavy atom. The van der Waals surface area contributed by atoms with Gasteiger partial charge in [0.2, 0.25) is 0 Å². The second kappa shape index (κ2) is 5.10. The number of amides is 1. The highest BCUT2D eigenvalue weighted by Crippen LogP contribution is 2.22. The van der Waals surface area contributed by atoms with Gasteiger partial charge in [-0.3, -0.25) is 4.79 Å². The van der Waals surface area contributed by atoms with E-state index >= 15 is 0 Å². The Hall–Kier alpha value is -2.01. The van der Waals surface area contributed by atoms with Crippen molar-refractivity contribution in [1.82, 2.24) is 0 Å². The predicted octanol–water partition coefficient (Wildman–Crippen LogP) is 2.99. The normalized spacial score (nSPS) is 10.1. The fourth-order valence-electron chi connectivity index (χ4n) is 1.47. The van der Waals surface area contributed by atoms with Crippen LogP contribution in [0, 0.1) is 0 Å². The zero-order valence-corrected chi connectivity index (χ0v) is 10.9. The van der Waals surface area contributed by atoms with Crippen molar-refractivity contribution in [3.63, 3.8) is 0 Å². The molecule has 5 heteroatoms. The van der Waals surface area contributed by atoms with Crippen molar-refractivity contribution in [3.8, 4) is 5.75 Å². The van der Waals surface area contributed by atoms with E-state index in [4.69, 9.17) is 5.73 Å². The molecule has 0 bridgehead atoms. The summed E-state index contributed by atoms with van der Waals surface area (Å²) in [6.07, 6.45) is 0. The molecule has 0 heterocycles. The molecule has 0 atom stereocenters. The van der Waals surface area contributed by atoms with E-state index in [1.807, 2.05) is 12.1 Å². The number of nitrogen functional groups attached to an aromatic ring is 1. The molecule has 92 valence electrons. The van der Waals surface area contributed by atoms with Gasteiger partial charge in [0.05, 0.1) is 5.56 Å². The van der Waals surface area contributed by atoms with Crippen molar-refractivity contribution >= 4 is 33.2 Å². The standard InChI is InChI=1S/C13H11BrN2O2/c14-8-1-4-10(5-2-8)16-13(18)11-6-3-9(15)7-12(11)17/h1-7,17H,15H2,(H,16,18). The fraction of sp³-hybridized carbons (Fsp3) is 0. The summed E-state index contributed by atoms with van der Waals surface area (Å²) in [6, 6.07) is 11.6. The van der Waals surface area contributed by atoms with Gasteiger partial charge in [-0.2, -0.15) is 0 Å². The molecule has 0 spiro atoms. The molecule has 2 rings (SSSR count). The first kappa shape index (κ1) is 12.4. The van der Waals surface area contributed by atoms with Crippen LogP contribution >= 0.6 is 15.9 Å². The Morgan fingerprint density at radius 1 is 1.17 bits per heavy atom. The first-order chi connectivity index (χ1) is 8.56. The van der Waals surface area contributed by atoms with Gasteiger partial charge in [0.25, 0.3) is 5.91 Å². The third-order valence-corrected chi connectivity index (χ3v) is 2.90. The van der Waals surface area contributed by atoms with E-state index in [1.165, 1.54) is 12.1 Å². The monoisotopic (exact) mass is 306 g/mol. The summed E-state index contributed by atoms with van der Waals surface area (Å²) in [7, 11) is 0. The lowest BCUT2D eigenvalue weighted by molar-refractivity contribution is 0.102. The van der Waals surface area contributed by atoms with E-state index in [9.17, 15) is 9.90 Å². The maximum absolute atomic E-state index is 11.9. The van der Waals surface area contributed by atoms with E-state index in [2.05, 4.69) is 21.2 Å². The average molecular weight is 307 g/mol. The van der Waals surface area contributed by atoms with Crippen LogP contribution in [-0.4, -0.2) is 11.0 Å². The Bertz CT molecular complexity index is 582. The molecule has 18 heavy (non-hydrogen) atoms. The summed E-state index contributed by atoms with van der Waals surface area (Å²) in [5, 5.41) is 12.3. The number of phenolic OH excluding ortho intramolecular Hbond substituents is 1. The molecule has 0 saturated carbocycles. The molecule has 0 aliphatic rings. The first-order valence-corrected chi connectivity index (χ1v) is 6.01. The molecular formula is C13H11BrN2O2. The number of hydrogen-bond acceptors (Lipinski definition) is 3. The third kappa shape index (κ3) is 2.81. The molecule has 4 N–H and O–H groups in total. The van der Waals surface area contributed by atoms with Crippen molar-refractivity contribution in [2.45, 2.75) is 0 Å². The summed E-state index contributed by atoms with van der Waals surface area (Å²) < 4.78 is 0.927. The minimum absolute atomic E-state index is 0.135. The van der Waals surface area contributed by atoms with Gasteiger partial charge in [-0.15, -0.1) is 0 Å². The van der Waals surface area contributed by atoms with Gasteiger partial charge in [-0.25, -0.2) is 0 Å². The minimum Gasteiger partial charge on any atom is -0.507 e. The second-order valence-corrected chi connectivity index (χ2v) is 4.65. The molecule has 4 nitrogen and oxygen atoms in total. The van der Waals surface area contributed by atoms with Crippen LogP contribution in [-0.2, 0) is 0 Å². The molecule has 0 aromatic heterocycles. The molecule has 0 fully saturated rings. The lowest BCUT2D eigenvalue weighted by atomic mass is 10.1. The number of halogens is 1. The predicted molar refractivity (Wildman–Crippen MR) is 74.6 cm³/mol. The lowest BCUT2D eigenvalue weighted by Crippen LogP contribution is -2.12. The number of phenols is 1. The molecular weight excluding hydrogens is 296 g/mol. The molecule has 0 radical (unpaired) electrons. The number of rotatable bonds is 2. The van der Waals surface area contributed by atoms with Crippen LogP contribution < -0.4 is 11.1 Å².